The van der Waals surface area contributed by atoms with Gasteiger partial charge in [0.15, 0.2) is 18.1 Å². The summed E-state index contributed by atoms with van der Waals surface area (Å²) in [6, 6.07) is 12.0. The van der Waals surface area contributed by atoms with Crippen LogP contribution in [0.2, 0.25) is 0 Å². The number of nitrogens with zero attached hydrogens (tertiary/aromatic N) is 1. The highest BCUT2D eigenvalue weighted by Gasteiger charge is 2.12. The average Bonchev–Trinajstić information content (AvgIpc) is 2.83. The van der Waals surface area contributed by atoms with Crippen LogP contribution in [-0.4, -0.2) is 50.3 Å². The molecule has 0 saturated carbocycles. The van der Waals surface area contributed by atoms with E-state index in [9.17, 15) is 14.4 Å². The van der Waals surface area contributed by atoms with Crippen LogP contribution in [-0.2, 0) is 14.4 Å². The largest absolute Gasteiger partial charge is 0.494 e. The van der Waals surface area contributed by atoms with E-state index in [4.69, 9.17) is 14.2 Å². The molecule has 0 aromatic heterocycles. The summed E-state index contributed by atoms with van der Waals surface area (Å²) in [4.78, 5) is 35.5. The third-order valence-electron chi connectivity index (χ3n) is 4.20. The maximum absolute atomic E-state index is 12.3. The van der Waals surface area contributed by atoms with Crippen molar-refractivity contribution in [3.63, 3.8) is 0 Å². The number of hydrogen-bond donors (Lipinski definition) is 3. The van der Waals surface area contributed by atoms with Gasteiger partial charge in [-0.2, -0.15) is 5.10 Å². The first-order valence-corrected chi connectivity index (χ1v) is 11.0. The fraction of sp³-hybridized carbons (Fsp3) is 0.333. The molecule has 10 heteroatoms. The second-order valence-electron chi connectivity index (χ2n) is 6.89. The molecule has 0 radical (unpaired) electrons. The van der Waals surface area contributed by atoms with Crippen LogP contribution in [0.1, 0.15) is 32.8 Å². The summed E-state index contributed by atoms with van der Waals surface area (Å²) in [5, 5.41) is 9.00. The van der Waals surface area contributed by atoms with Crippen molar-refractivity contribution in [2.45, 2.75) is 27.2 Å². The van der Waals surface area contributed by atoms with E-state index in [-0.39, 0.29) is 12.5 Å². The Hall–Kier alpha value is -4.08. The first-order chi connectivity index (χ1) is 16.5. The minimum absolute atomic E-state index is 0.219. The molecule has 34 heavy (non-hydrogen) atoms. The van der Waals surface area contributed by atoms with E-state index in [0.717, 1.165) is 12.2 Å². The van der Waals surface area contributed by atoms with Gasteiger partial charge < -0.3 is 24.8 Å². The van der Waals surface area contributed by atoms with E-state index in [2.05, 4.69) is 21.2 Å². The van der Waals surface area contributed by atoms with Crippen LogP contribution >= 0.6 is 0 Å². The molecule has 3 N–H and O–H groups in total. The normalized spacial score (nSPS) is 10.4. The van der Waals surface area contributed by atoms with Gasteiger partial charge in [0.1, 0.15) is 5.75 Å². The number of carbonyl (C=O) groups excluding carboxylic acids is 3. The zero-order valence-corrected chi connectivity index (χ0v) is 19.6. The molecular formula is C24H30N4O6. The Bertz CT molecular complexity index is 991. The monoisotopic (exact) mass is 470 g/mol. The second kappa shape index (κ2) is 14.1. The molecule has 0 saturated heterocycles. The highest BCUT2D eigenvalue weighted by atomic mass is 16.5. The minimum atomic E-state index is -0.853. The molecule has 0 atom stereocenters. The molecule has 0 fully saturated rings. The molecule has 2 aromatic rings. The Morgan fingerprint density at radius 1 is 0.882 bits per heavy atom. The maximum atomic E-state index is 12.3. The number of amides is 3. The molecule has 2 aromatic carbocycles. The molecule has 0 aliphatic carbocycles. The van der Waals surface area contributed by atoms with Crippen molar-refractivity contribution >= 4 is 29.6 Å². The number of ether oxygens (including phenoxy) is 3. The van der Waals surface area contributed by atoms with Crippen LogP contribution < -0.4 is 30.3 Å². The Balaban J connectivity index is 1.93. The van der Waals surface area contributed by atoms with Gasteiger partial charge in [-0.05, 0) is 68.3 Å². The number of rotatable bonds is 12. The Kier molecular flexibility index (Phi) is 10.9. The predicted molar refractivity (Wildman–Crippen MR) is 128 cm³/mol. The fourth-order valence-electron chi connectivity index (χ4n) is 2.67. The van der Waals surface area contributed by atoms with Gasteiger partial charge in [-0.3, -0.25) is 14.4 Å². The first-order valence-electron chi connectivity index (χ1n) is 11.0. The second-order valence-corrected chi connectivity index (χ2v) is 6.89. The summed E-state index contributed by atoms with van der Waals surface area (Å²) in [7, 11) is 0. The van der Waals surface area contributed by atoms with Crippen molar-refractivity contribution in [1.29, 1.82) is 0 Å². The van der Waals surface area contributed by atoms with Gasteiger partial charge in [-0.25, -0.2) is 5.43 Å². The van der Waals surface area contributed by atoms with Crippen LogP contribution in [0.3, 0.4) is 0 Å². The first kappa shape index (κ1) is 26.2. The molecule has 0 unspecified atom stereocenters. The van der Waals surface area contributed by atoms with E-state index in [1.54, 1.807) is 42.5 Å². The van der Waals surface area contributed by atoms with Crippen LogP contribution in [0.4, 0.5) is 5.69 Å². The van der Waals surface area contributed by atoms with Gasteiger partial charge >= 0.3 is 11.8 Å². The SMILES string of the molecule is CCCNC(=O)C(=O)N/N=C\c1ccc(OCC(=O)Nc2ccc(OCC)cc2)c(OCC)c1. The van der Waals surface area contributed by atoms with Crippen LogP contribution in [0, 0.1) is 0 Å². The van der Waals surface area contributed by atoms with Gasteiger partial charge in [-0.1, -0.05) is 6.92 Å². The molecule has 10 nitrogen and oxygen atoms in total. The zero-order chi connectivity index (χ0) is 24.8. The maximum Gasteiger partial charge on any atom is 0.329 e. The van der Waals surface area contributed by atoms with Gasteiger partial charge in [0.25, 0.3) is 5.91 Å². The summed E-state index contributed by atoms with van der Waals surface area (Å²) >= 11 is 0. The van der Waals surface area contributed by atoms with E-state index in [1.165, 1.54) is 6.21 Å². The van der Waals surface area contributed by atoms with Crippen molar-refractivity contribution in [3.05, 3.63) is 48.0 Å². The molecule has 0 aliphatic heterocycles. The lowest BCUT2D eigenvalue weighted by atomic mass is 10.2. The minimum Gasteiger partial charge on any atom is -0.494 e. The highest BCUT2D eigenvalue weighted by Crippen LogP contribution is 2.28. The lowest BCUT2D eigenvalue weighted by Crippen LogP contribution is -2.38. The van der Waals surface area contributed by atoms with E-state index in [1.807, 2.05) is 20.8 Å². The smallest absolute Gasteiger partial charge is 0.329 e. The van der Waals surface area contributed by atoms with Crippen molar-refractivity contribution in [2.75, 3.05) is 31.7 Å². The summed E-state index contributed by atoms with van der Waals surface area (Å²) in [6.07, 6.45) is 2.09. The van der Waals surface area contributed by atoms with Gasteiger partial charge in [0.05, 0.1) is 19.4 Å². The standard InChI is InChI=1S/C24H30N4O6/c1-4-13-25-23(30)24(31)28-26-15-17-7-12-20(21(14-17)33-6-3)34-16-22(29)27-18-8-10-19(11-9-18)32-5-2/h7-12,14-15H,4-6,13,16H2,1-3H3,(H,25,30)(H,27,29)(H,28,31)/b26-15-. The van der Waals surface area contributed by atoms with Crippen LogP contribution in [0.25, 0.3) is 0 Å². The molecular weight excluding hydrogens is 440 g/mol. The predicted octanol–water partition coefficient (Wildman–Crippen LogP) is 2.48. The highest BCUT2D eigenvalue weighted by molar-refractivity contribution is 6.35. The summed E-state index contributed by atoms with van der Waals surface area (Å²) in [6.45, 7) is 6.74. The summed E-state index contributed by atoms with van der Waals surface area (Å²) < 4.78 is 16.6. The number of carbonyl (C=O) groups is 3. The average molecular weight is 471 g/mol. The number of nitrogens with one attached hydrogen (secondary N) is 3. The van der Waals surface area contributed by atoms with Gasteiger partial charge in [-0.15, -0.1) is 0 Å². The van der Waals surface area contributed by atoms with Crippen LogP contribution in [0.5, 0.6) is 17.2 Å². The fourth-order valence-corrected chi connectivity index (χ4v) is 2.67. The molecule has 2 rings (SSSR count). The third kappa shape index (κ3) is 8.81. The number of benzene rings is 2. The van der Waals surface area contributed by atoms with E-state index < -0.39 is 11.8 Å². The van der Waals surface area contributed by atoms with Gasteiger partial charge in [0, 0.05) is 12.2 Å². The van der Waals surface area contributed by atoms with E-state index >= 15 is 0 Å². The van der Waals surface area contributed by atoms with Crippen molar-refractivity contribution in [2.24, 2.45) is 5.10 Å². The molecule has 0 spiro atoms. The molecule has 3 amide bonds. The topological polar surface area (TPSA) is 127 Å². The third-order valence-corrected chi connectivity index (χ3v) is 4.20. The Morgan fingerprint density at radius 3 is 2.29 bits per heavy atom. The van der Waals surface area contributed by atoms with Gasteiger partial charge in [0.2, 0.25) is 0 Å². The quantitative estimate of drug-likeness (QED) is 0.248. The molecule has 182 valence electrons. The van der Waals surface area contributed by atoms with Crippen molar-refractivity contribution < 1.29 is 28.6 Å². The van der Waals surface area contributed by atoms with Crippen LogP contribution in [0.15, 0.2) is 47.6 Å². The summed E-state index contributed by atoms with van der Waals surface area (Å²) in [5.74, 6) is -0.423. The van der Waals surface area contributed by atoms with Crippen molar-refractivity contribution in [1.82, 2.24) is 10.7 Å². The van der Waals surface area contributed by atoms with E-state index in [0.29, 0.717) is 42.5 Å². The molecule has 0 heterocycles. The lowest BCUT2D eigenvalue weighted by Gasteiger charge is -2.13. The number of hydrazone groups is 1. The zero-order valence-electron chi connectivity index (χ0n) is 19.6. The number of hydrogen-bond acceptors (Lipinski definition) is 7. The Morgan fingerprint density at radius 2 is 1.62 bits per heavy atom. The Labute approximate surface area is 198 Å². The lowest BCUT2D eigenvalue weighted by molar-refractivity contribution is -0.139. The number of anilines is 1. The molecule has 0 bridgehead atoms. The summed E-state index contributed by atoms with van der Waals surface area (Å²) in [5.41, 5.74) is 3.39. The molecule has 0 aliphatic rings. The van der Waals surface area contributed by atoms with Crippen molar-refractivity contribution in [3.8, 4) is 17.2 Å².